The van der Waals surface area contributed by atoms with Gasteiger partial charge in [-0.2, -0.15) is 0 Å². The van der Waals surface area contributed by atoms with Gasteiger partial charge in [-0.05, 0) is 36.5 Å². The quantitative estimate of drug-likeness (QED) is 0.341. The number of esters is 1. The lowest BCUT2D eigenvalue weighted by atomic mass is 10.0. The van der Waals surface area contributed by atoms with Gasteiger partial charge in [0.25, 0.3) is 0 Å². The van der Waals surface area contributed by atoms with E-state index in [0.717, 1.165) is 11.3 Å². The zero-order chi connectivity index (χ0) is 26.3. The Kier molecular flexibility index (Phi) is 12.6. The maximum atomic E-state index is 13.1. The average molecular weight is 519 g/mol. The van der Waals surface area contributed by atoms with Gasteiger partial charge in [0, 0.05) is 6.42 Å². The summed E-state index contributed by atoms with van der Waals surface area (Å²) in [5.41, 5.74) is 0.818. The van der Waals surface area contributed by atoms with E-state index in [1.165, 1.54) is 18.9 Å². The third-order valence-corrected chi connectivity index (χ3v) is 6.14. The molecule has 0 radical (unpaired) electrons. The summed E-state index contributed by atoms with van der Waals surface area (Å²) in [4.78, 5) is 50.1. The number of benzene rings is 1. The summed E-state index contributed by atoms with van der Waals surface area (Å²) in [7, 11) is 1.26. The largest absolute Gasteiger partial charge is 0.469 e. The van der Waals surface area contributed by atoms with Crippen molar-refractivity contribution in [3.05, 3.63) is 60.1 Å². The van der Waals surface area contributed by atoms with Gasteiger partial charge in [0.2, 0.25) is 5.91 Å². The monoisotopic (exact) mass is 518 g/mol. The van der Waals surface area contributed by atoms with Crippen LogP contribution in [0.1, 0.15) is 44.4 Å². The van der Waals surface area contributed by atoms with Crippen LogP contribution >= 0.6 is 11.8 Å². The van der Waals surface area contributed by atoms with E-state index < -0.39 is 30.1 Å². The van der Waals surface area contributed by atoms with Gasteiger partial charge < -0.3 is 24.5 Å². The molecule has 2 amide bonds. The van der Waals surface area contributed by atoms with Crippen molar-refractivity contribution < 1.29 is 33.1 Å². The fourth-order valence-corrected chi connectivity index (χ4v) is 4.18. The Bertz CT molecular complexity index is 964. The maximum Gasteiger partial charge on any atom is 0.408 e. The number of ether oxygens (including phenoxy) is 2. The van der Waals surface area contributed by atoms with E-state index in [4.69, 9.17) is 9.15 Å². The smallest absolute Gasteiger partial charge is 0.408 e. The van der Waals surface area contributed by atoms with Crippen LogP contribution < -0.4 is 10.6 Å². The first-order valence-electron chi connectivity index (χ1n) is 11.8. The molecule has 2 N–H and O–H groups in total. The van der Waals surface area contributed by atoms with Crippen LogP contribution in [0.25, 0.3) is 0 Å². The molecule has 0 bridgehead atoms. The lowest BCUT2D eigenvalue weighted by Gasteiger charge is -2.23. The van der Waals surface area contributed by atoms with Crippen molar-refractivity contribution in [2.75, 3.05) is 12.9 Å². The molecular weight excluding hydrogens is 484 g/mol. The highest BCUT2D eigenvalue weighted by molar-refractivity contribution is 7.99. The minimum Gasteiger partial charge on any atom is -0.469 e. The second-order valence-electron chi connectivity index (χ2n) is 8.60. The molecule has 0 saturated carbocycles. The number of rotatable bonds is 15. The van der Waals surface area contributed by atoms with Crippen LogP contribution in [0.15, 0.2) is 53.1 Å². The highest BCUT2D eigenvalue weighted by Crippen LogP contribution is 2.15. The molecule has 1 aromatic heterocycles. The van der Waals surface area contributed by atoms with Crippen molar-refractivity contribution in [3.63, 3.8) is 0 Å². The Morgan fingerprint density at radius 3 is 2.39 bits per heavy atom. The van der Waals surface area contributed by atoms with Gasteiger partial charge >= 0.3 is 12.1 Å². The van der Waals surface area contributed by atoms with Crippen molar-refractivity contribution in [1.82, 2.24) is 10.6 Å². The van der Waals surface area contributed by atoms with E-state index in [-0.39, 0.29) is 36.9 Å². The number of ketones is 1. The predicted molar refractivity (Wildman–Crippen MR) is 136 cm³/mol. The fourth-order valence-electron chi connectivity index (χ4n) is 3.31. The second kappa shape index (κ2) is 15.7. The summed E-state index contributed by atoms with van der Waals surface area (Å²) in [6, 6.07) is 11.0. The van der Waals surface area contributed by atoms with Gasteiger partial charge in [0.05, 0.1) is 30.9 Å². The molecule has 0 saturated heterocycles. The lowest BCUT2D eigenvalue weighted by molar-refractivity contribution is -0.141. The topological polar surface area (TPSA) is 124 Å². The average Bonchev–Trinajstić information content (AvgIpc) is 3.38. The van der Waals surface area contributed by atoms with Crippen LogP contribution in [0, 0.1) is 5.92 Å². The maximum absolute atomic E-state index is 13.1. The molecule has 0 spiro atoms. The number of carbonyl (C=O) groups excluding carboxylic acids is 4. The molecule has 10 heteroatoms. The van der Waals surface area contributed by atoms with Crippen molar-refractivity contribution in [2.45, 2.75) is 57.6 Å². The fraction of sp³-hybridized carbons (Fsp3) is 0.462. The van der Waals surface area contributed by atoms with Crippen LogP contribution in [-0.2, 0) is 36.2 Å². The van der Waals surface area contributed by atoms with Crippen molar-refractivity contribution in [1.29, 1.82) is 0 Å². The van der Waals surface area contributed by atoms with E-state index in [1.807, 2.05) is 50.2 Å². The van der Waals surface area contributed by atoms with Gasteiger partial charge in [-0.3, -0.25) is 14.4 Å². The number of furan rings is 1. The molecule has 0 fully saturated rings. The van der Waals surface area contributed by atoms with E-state index in [0.29, 0.717) is 12.2 Å². The summed E-state index contributed by atoms with van der Waals surface area (Å²) in [5.74, 6) is 0.210. The first kappa shape index (κ1) is 29.0. The van der Waals surface area contributed by atoms with E-state index in [9.17, 15) is 19.2 Å². The van der Waals surface area contributed by atoms with Crippen molar-refractivity contribution in [2.24, 2.45) is 5.92 Å². The van der Waals surface area contributed by atoms with E-state index in [1.54, 1.807) is 12.3 Å². The zero-order valence-electron chi connectivity index (χ0n) is 20.9. The molecule has 0 aliphatic rings. The number of methoxy groups -OCH3 is 1. The molecule has 196 valence electrons. The first-order valence-corrected chi connectivity index (χ1v) is 12.9. The molecule has 0 aliphatic carbocycles. The number of amides is 2. The van der Waals surface area contributed by atoms with Gasteiger partial charge in [-0.1, -0.05) is 44.2 Å². The number of nitrogens with one attached hydrogen (secondary N) is 2. The number of Topliss-reactive ketones (excluding diaryl/α,β-unsaturated/α-hetero) is 1. The van der Waals surface area contributed by atoms with E-state index in [2.05, 4.69) is 15.4 Å². The minimum atomic E-state index is -0.905. The summed E-state index contributed by atoms with van der Waals surface area (Å²) in [6.07, 6.45) is 1.23. The molecule has 2 aromatic rings. The van der Waals surface area contributed by atoms with Gasteiger partial charge in [0.1, 0.15) is 18.4 Å². The number of alkyl carbamates (subject to hydrolysis) is 1. The molecule has 1 heterocycles. The Balaban J connectivity index is 1.98. The summed E-state index contributed by atoms with van der Waals surface area (Å²) in [5, 5.41) is 5.33. The number of hydrogen-bond donors (Lipinski definition) is 2. The summed E-state index contributed by atoms with van der Waals surface area (Å²) in [6.45, 7) is 3.90. The Morgan fingerprint density at radius 2 is 1.75 bits per heavy atom. The molecule has 9 nitrogen and oxygen atoms in total. The number of thioether (sulfide) groups is 1. The molecule has 2 atom stereocenters. The minimum absolute atomic E-state index is 0.0303. The van der Waals surface area contributed by atoms with Gasteiger partial charge in [0.15, 0.2) is 5.78 Å². The standard InChI is InChI=1S/C26H34N2O7S/c1-18(2)14-22(28-26(32)35-15-19-8-5-4-6-9-19)25(31)27-21(11-12-24(30)33-3)23(29)17-36-16-20-10-7-13-34-20/h4-10,13,18,21-22H,11-12,14-17H2,1-3H3,(H,27,31)(H,28,32)/t21-,22-/m0/s1. The molecule has 1 aromatic carbocycles. The Morgan fingerprint density at radius 1 is 1.00 bits per heavy atom. The molecule has 36 heavy (non-hydrogen) atoms. The number of hydrogen-bond acceptors (Lipinski definition) is 8. The van der Waals surface area contributed by atoms with Crippen LogP contribution in [-0.4, -0.2) is 48.7 Å². The highest BCUT2D eigenvalue weighted by Gasteiger charge is 2.28. The molecule has 0 aliphatic heterocycles. The molecule has 0 unspecified atom stereocenters. The van der Waals surface area contributed by atoms with Crippen LogP contribution in [0.5, 0.6) is 0 Å². The number of carbonyl (C=O) groups is 4. The van der Waals surface area contributed by atoms with Crippen LogP contribution in [0.3, 0.4) is 0 Å². The van der Waals surface area contributed by atoms with Crippen LogP contribution in [0.2, 0.25) is 0 Å². The van der Waals surface area contributed by atoms with Gasteiger partial charge in [-0.25, -0.2) is 4.79 Å². The molecular formula is C26H34N2O7S. The Hall–Kier alpha value is -3.27. The Labute approximate surface area is 215 Å². The first-order chi connectivity index (χ1) is 17.3. The summed E-state index contributed by atoms with van der Waals surface area (Å²) < 4.78 is 15.2. The van der Waals surface area contributed by atoms with Gasteiger partial charge in [-0.15, -0.1) is 11.8 Å². The SMILES string of the molecule is COC(=O)CC[C@H](NC(=O)[C@H](CC(C)C)NC(=O)OCc1ccccc1)C(=O)CSCc1ccco1. The molecule has 2 rings (SSSR count). The summed E-state index contributed by atoms with van der Waals surface area (Å²) >= 11 is 1.35. The third kappa shape index (κ3) is 11.0. The normalized spacial score (nSPS) is 12.4. The lowest BCUT2D eigenvalue weighted by Crippen LogP contribution is -2.52. The van der Waals surface area contributed by atoms with Crippen LogP contribution in [0.4, 0.5) is 4.79 Å². The van der Waals surface area contributed by atoms with Crippen molar-refractivity contribution >= 4 is 35.5 Å². The highest BCUT2D eigenvalue weighted by atomic mass is 32.2. The third-order valence-electron chi connectivity index (χ3n) is 5.17. The second-order valence-corrected chi connectivity index (χ2v) is 9.59. The predicted octanol–water partition coefficient (Wildman–Crippen LogP) is 3.86. The van der Waals surface area contributed by atoms with Crippen molar-refractivity contribution in [3.8, 4) is 0 Å². The van der Waals surface area contributed by atoms with E-state index >= 15 is 0 Å². The zero-order valence-corrected chi connectivity index (χ0v) is 21.7.